The smallest absolute Gasteiger partial charge is 0.339 e. The maximum absolute atomic E-state index is 13.3. The summed E-state index contributed by atoms with van der Waals surface area (Å²) in [7, 11) is -2.69. The van der Waals surface area contributed by atoms with Crippen LogP contribution in [-0.2, 0) is 25.1 Å². The van der Waals surface area contributed by atoms with Crippen LogP contribution in [0.15, 0.2) is 33.7 Å². The Morgan fingerprint density at radius 1 is 1.15 bits per heavy atom. The number of nitrogens with zero attached hydrogens (tertiary/aromatic N) is 3. The molecule has 1 saturated heterocycles. The van der Waals surface area contributed by atoms with Gasteiger partial charge < -0.3 is 14.6 Å². The third-order valence-corrected chi connectivity index (χ3v) is 8.72. The molecule has 10 nitrogen and oxygen atoms in total. The molecule has 1 N–H and O–H groups in total. The van der Waals surface area contributed by atoms with Crippen LogP contribution in [0.3, 0.4) is 0 Å². The molecule has 1 aliphatic carbocycles. The lowest BCUT2D eigenvalue weighted by atomic mass is 9.80. The number of hydrogen-bond donors (Lipinski definition) is 1. The number of carbonyl (C=O) groups is 2. The Kier molecular flexibility index (Phi) is 7.04. The number of sulfonamides is 1. The highest BCUT2D eigenvalue weighted by Gasteiger charge is 2.42. The van der Waals surface area contributed by atoms with Crippen molar-refractivity contribution in [3.05, 3.63) is 41.5 Å². The van der Waals surface area contributed by atoms with Gasteiger partial charge in [-0.3, -0.25) is 4.79 Å². The van der Waals surface area contributed by atoms with Gasteiger partial charge in [-0.15, -0.1) is 0 Å². The van der Waals surface area contributed by atoms with Gasteiger partial charge >= 0.3 is 5.97 Å². The predicted octanol–water partition coefficient (Wildman–Crippen LogP) is 2.54. The zero-order valence-electron chi connectivity index (χ0n) is 19.5. The van der Waals surface area contributed by atoms with Crippen LogP contribution in [0.2, 0.25) is 0 Å². The van der Waals surface area contributed by atoms with Gasteiger partial charge in [0.2, 0.25) is 21.8 Å². The summed E-state index contributed by atoms with van der Waals surface area (Å²) in [5.41, 5.74) is -0.644. The zero-order chi connectivity index (χ0) is 24.3. The standard InChI is InChI=1S/C23H30N4O6S/c1-16-24-22(26-33-16)23(12-6-3-7-13-23)25-20(28)17-10-14-27(15-11-17)34(30,31)19-9-5-4-8-18(19)21(29)32-2/h4-5,8-9,17H,3,6-7,10-15H2,1-2H3,(H,25,28). The van der Waals surface area contributed by atoms with Crippen LogP contribution in [0.4, 0.5) is 0 Å². The van der Waals surface area contributed by atoms with E-state index in [1.807, 2.05) is 0 Å². The van der Waals surface area contributed by atoms with Gasteiger partial charge in [0, 0.05) is 25.9 Å². The molecule has 1 aromatic heterocycles. The lowest BCUT2D eigenvalue weighted by Gasteiger charge is -2.38. The summed E-state index contributed by atoms with van der Waals surface area (Å²) in [4.78, 5) is 29.6. The molecule has 1 amide bonds. The Hall–Kier alpha value is -2.79. The highest BCUT2D eigenvalue weighted by Crippen LogP contribution is 2.36. The molecule has 1 saturated carbocycles. The number of ether oxygens (including phenoxy) is 1. The normalized spacial score (nSPS) is 19.5. The van der Waals surface area contributed by atoms with E-state index in [4.69, 9.17) is 9.26 Å². The zero-order valence-corrected chi connectivity index (χ0v) is 20.3. The number of rotatable bonds is 6. The number of hydrogen-bond acceptors (Lipinski definition) is 8. The summed E-state index contributed by atoms with van der Waals surface area (Å²) in [6, 6.07) is 6.00. The van der Waals surface area contributed by atoms with E-state index in [1.54, 1.807) is 19.1 Å². The van der Waals surface area contributed by atoms with Crippen molar-refractivity contribution < 1.29 is 27.3 Å². The monoisotopic (exact) mass is 490 g/mol. The van der Waals surface area contributed by atoms with Crippen LogP contribution in [0.1, 0.15) is 67.0 Å². The summed E-state index contributed by atoms with van der Waals surface area (Å²) in [5.74, 6) is -0.175. The second-order valence-corrected chi connectivity index (χ2v) is 10.8. The average Bonchev–Trinajstić information content (AvgIpc) is 3.31. The number of benzene rings is 1. The largest absolute Gasteiger partial charge is 0.465 e. The van der Waals surface area contributed by atoms with Crippen LogP contribution in [0, 0.1) is 12.8 Å². The summed E-state index contributed by atoms with van der Waals surface area (Å²) in [6.07, 6.45) is 5.27. The SMILES string of the molecule is COC(=O)c1ccccc1S(=O)(=O)N1CCC(C(=O)NC2(c3noc(C)n3)CCCCC2)CC1. The lowest BCUT2D eigenvalue weighted by molar-refractivity contribution is -0.129. The van der Waals surface area contributed by atoms with E-state index in [9.17, 15) is 18.0 Å². The molecule has 0 spiro atoms. The Labute approximate surface area is 199 Å². The number of aryl methyl sites for hydroxylation is 1. The first kappa shape index (κ1) is 24.3. The Bertz CT molecular complexity index is 1150. The van der Waals surface area contributed by atoms with Gasteiger partial charge in [-0.2, -0.15) is 9.29 Å². The summed E-state index contributed by atoms with van der Waals surface area (Å²) >= 11 is 0. The average molecular weight is 491 g/mol. The molecule has 1 aromatic carbocycles. The van der Waals surface area contributed by atoms with Gasteiger partial charge in [0.05, 0.1) is 17.6 Å². The molecule has 184 valence electrons. The first-order chi connectivity index (χ1) is 16.3. The molecule has 2 heterocycles. The fourth-order valence-corrected chi connectivity index (χ4v) is 6.51. The molecule has 0 radical (unpaired) electrons. The Morgan fingerprint density at radius 2 is 1.82 bits per heavy atom. The van der Waals surface area contributed by atoms with E-state index >= 15 is 0 Å². The van der Waals surface area contributed by atoms with Gasteiger partial charge in [-0.05, 0) is 37.8 Å². The Balaban J connectivity index is 1.45. The molecule has 0 bridgehead atoms. The van der Waals surface area contributed by atoms with Crippen molar-refractivity contribution in [3.63, 3.8) is 0 Å². The molecule has 2 aliphatic rings. The van der Waals surface area contributed by atoms with Gasteiger partial charge in [0.25, 0.3) is 0 Å². The summed E-state index contributed by atoms with van der Waals surface area (Å²) < 4.78 is 37.7. The number of amides is 1. The number of methoxy groups -OCH3 is 1. The minimum atomic E-state index is -3.91. The molecular weight excluding hydrogens is 460 g/mol. The topological polar surface area (TPSA) is 132 Å². The van der Waals surface area contributed by atoms with E-state index in [2.05, 4.69) is 15.5 Å². The molecule has 11 heteroatoms. The number of esters is 1. The van der Waals surface area contributed by atoms with Crippen molar-refractivity contribution in [2.24, 2.45) is 5.92 Å². The maximum Gasteiger partial charge on any atom is 0.339 e. The number of nitrogens with one attached hydrogen (secondary N) is 1. The van der Waals surface area contributed by atoms with Crippen LogP contribution >= 0.6 is 0 Å². The third-order valence-electron chi connectivity index (χ3n) is 6.76. The van der Waals surface area contributed by atoms with Crippen molar-refractivity contribution in [2.75, 3.05) is 20.2 Å². The fourth-order valence-electron chi connectivity index (χ4n) is 4.86. The molecule has 1 aliphatic heterocycles. The van der Waals surface area contributed by atoms with Crippen molar-refractivity contribution in [2.45, 2.75) is 62.3 Å². The second-order valence-electron chi connectivity index (χ2n) is 8.94. The first-order valence-electron chi connectivity index (χ1n) is 11.6. The van der Waals surface area contributed by atoms with E-state index < -0.39 is 21.5 Å². The maximum atomic E-state index is 13.3. The van der Waals surface area contributed by atoms with Crippen molar-refractivity contribution in [1.82, 2.24) is 19.8 Å². The third kappa shape index (κ3) is 4.72. The number of aromatic nitrogens is 2. The van der Waals surface area contributed by atoms with Crippen LogP contribution < -0.4 is 5.32 Å². The van der Waals surface area contributed by atoms with E-state index in [1.165, 1.54) is 23.5 Å². The van der Waals surface area contributed by atoms with E-state index in [0.717, 1.165) is 32.1 Å². The Morgan fingerprint density at radius 3 is 2.44 bits per heavy atom. The summed E-state index contributed by atoms with van der Waals surface area (Å²) in [5, 5.41) is 7.29. The van der Waals surface area contributed by atoms with Crippen molar-refractivity contribution in [1.29, 1.82) is 0 Å². The van der Waals surface area contributed by atoms with Crippen LogP contribution in [0.5, 0.6) is 0 Å². The molecular formula is C23H30N4O6S. The van der Waals surface area contributed by atoms with Gasteiger partial charge in [0.1, 0.15) is 5.54 Å². The first-order valence-corrected chi connectivity index (χ1v) is 13.0. The molecule has 0 unspecified atom stereocenters. The van der Waals surface area contributed by atoms with E-state index in [-0.39, 0.29) is 35.4 Å². The summed E-state index contributed by atoms with van der Waals surface area (Å²) in [6.45, 7) is 2.10. The molecule has 0 atom stereocenters. The van der Waals surface area contributed by atoms with Crippen LogP contribution in [-0.4, -0.2) is 54.9 Å². The lowest BCUT2D eigenvalue weighted by Crippen LogP contribution is -2.51. The fraction of sp³-hybridized carbons (Fsp3) is 0.565. The van der Waals surface area contributed by atoms with Crippen molar-refractivity contribution in [3.8, 4) is 0 Å². The molecule has 4 rings (SSSR count). The minimum absolute atomic E-state index is 0.000452. The second kappa shape index (κ2) is 9.83. The predicted molar refractivity (Wildman–Crippen MR) is 121 cm³/mol. The molecule has 2 fully saturated rings. The van der Waals surface area contributed by atoms with Gasteiger partial charge in [0.15, 0.2) is 5.82 Å². The van der Waals surface area contributed by atoms with Crippen molar-refractivity contribution >= 4 is 21.9 Å². The van der Waals surface area contributed by atoms with E-state index in [0.29, 0.717) is 24.6 Å². The number of piperidine rings is 1. The highest BCUT2D eigenvalue weighted by atomic mass is 32.2. The molecule has 2 aromatic rings. The highest BCUT2D eigenvalue weighted by molar-refractivity contribution is 7.89. The molecule has 34 heavy (non-hydrogen) atoms. The van der Waals surface area contributed by atoms with Gasteiger partial charge in [-0.25, -0.2) is 13.2 Å². The number of carbonyl (C=O) groups excluding carboxylic acids is 2. The quantitative estimate of drug-likeness (QED) is 0.611. The minimum Gasteiger partial charge on any atom is -0.465 e. The van der Waals surface area contributed by atoms with Crippen LogP contribution in [0.25, 0.3) is 0 Å². The van der Waals surface area contributed by atoms with Gasteiger partial charge in [-0.1, -0.05) is 36.6 Å².